The predicted molar refractivity (Wildman–Crippen MR) is 54.0 cm³/mol. The third kappa shape index (κ3) is 2.24. The zero-order chi connectivity index (χ0) is 10.8. The lowest BCUT2D eigenvalue weighted by molar-refractivity contribution is -0.136. The summed E-state index contributed by atoms with van der Waals surface area (Å²) in [6.45, 7) is 0. The van der Waals surface area contributed by atoms with Crippen molar-refractivity contribution < 1.29 is 9.90 Å². The van der Waals surface area contributed by atoms with E-state index in [-0.39, 0.29) is 6.42 Å². The number of halogens is 1. The minimum absolute atomic E-state index is 0.0744. The molecule has 0 aliphatic carbocycles. The Morgan fingerprint density at radius 2 is 2.33 bits per heavy atom. The van der Waals surface area contributed by atoms with E-state index in [0.29, 0.717) is 17.2 Å². The van der Waals surface area contributed by atoms with E-state index in [1.54, 1.807) is 23.0 Å². The lowest BCUT2D eigenvalue weighted by Gasteiger charge is -1.90. The van der Waals surface area contributed by atoms with Gasteiger partial charge in [-0.3, -0.25) is 4.79 Å². The summed E-state index contributed by atoms with van der Waals surface area (Å²) in [7, 11) is 0. The van der Waals surface area contributed by atoms with E-state index < -0.39 is 5.97 Å². The molecule has 0 radical (unpaired) electrons. The van der Waals surface area contributed by atoms with Crippen LogP contribution in [0.1, 0.15) is 12.1 Å². The zero-order valence-electron chi connectivity index (χ0n) is 7.72. The van der Waals surface area contributed by atoms with Crippen LogP contribution in [0.15, 0.2) is 18.6 Å². The quantitative estimate of drug-likeness (QED) is 0.858. The largest absolute Gasteiger partial charge is 0.481 e. The first-order valence-corrected chi connectivity index (χ1v) is 4.74. The molecule has 2 aromatic heterocycles. The second-order valence-corrected chi connectivity index (χ2v) is 3.49. The van der Waals surface area contributed by atoms with Crippen molar-refractivity contribution in [3.63, 3.8) is 0 Å². The van der Waals surface area contributed by atoms with Crippen LogP contribution in [-0.2, 0) is 11.2 Å². The highest BCUT2D eigenvalue weighted by Gasteiger charge is 2.04. The van der Waals surface area contributed by atoms with Crippen molar-refractivity contribution in [3.8, 4) is 0 Å². The number of carboxylic acid groups (broad SMARTS) is 1. The third-order valence-electron chi connectivity index (χ3n) is 1.95. The third-order valence-corrected chi connectivity index (χ3v) is 2.15. The van der Waals surface area contributed by atoms with Crippen LogP contribution in [0.4, 0.5) is 0 Å². The number of aryl methyl sites for hydroxylation is 1. The Bertz CT molecular complexity index is 509. The van der Waals surface area contributed by atoms with E-state index >= 15 is 0 Å². The van der Waals surface area contributed by atoms with Crippen LogP contribution >= 0.6 is 11.6 Å². The number of aromatic nitrogens is 3. The first-order chi connectivity index (χ1) is 7.15. The molecule has 1 N–H and O–H groups in total. The summed E-state index contributed by atoms with van der Waals surface area (Å²) in [6.07, 6.45) is 5.42. The predicted octanol–water partition coefficient (Wildman–Crippen LogP) is 1.40. The van der Waals surface area contributed by atoms with E-state index in [1.165, 1.54) is 0 Å². The van der Waals surface area contributed by atoms with Crippen LogP contribution in [0.25, 0.3) is 5.65 Å². The molecule has 0 bridgehead atoms. The van der Waals surface area contributed by atoms with Crippen LogP contribution in [0.3, 0.4) is 0 Å². The van der Waals surface area contributed by atoms with Crippen LogP contribution in [0, 0.1) is 0 Å². The Hall–Kier alpha value is -1.62. The lowest BCUT2D eigenvalue weighted by Crippen LogP contribution is -1.97. The van der Waals surface area contributed by atoms with Crippen molar-refractivity contribution in [3.05, 3.63) is 29.4 Å². The second kappa shape index (κ2) is 3.86. The molecule has 78 valence electrons. The molecule has 2 aromatic rings. The van der Waals surface area contributed by atoms with Crippen LogP contribution in [0.2, 0.25) is 5.15 Å². The van der Waals surface area contributed by atoms with Crippen molar-refractivity contribution in [2.45, 2.75) is 12.8 Å². The number of carbonyl (C=O) groups is 1. The molecule has 6 heteroatoms. The molecule has 0 saturated carbocycles. The maximum Gasteiger partial charge on any atom is 0.303 e. The monoisotopic (exact) mass is 225 g/mol. The van der Waals surface area contributed by atoms with Crippen LogP contribution in [-0.4, -0.2) is 25.4 Å². The molecule has 2 rings (SSSR count). The van der Waals surface area contributed by atoms with Crippen molar-refractivity contribution in [1.29, 1.82) is 0 Å². The van der Waals surface area contributed by atoms with Gasteiger partial charge in [-0.25, -0.2) is 9.97 Å². The molecule has 0 fully saturated rings. The van der Waals surface area contributed by atoms with Crippen molar-refractivity contribution in [2.75, 3.05) is 0 Å². The molecular weight excluding hydrogens is 218 g/mol. The van der Waals surface area contributed by atoms with Gasteiger partial charge in [-0.15, -0.1) is 0 Å². The van der Waals surface area contributed by atoms with Gasteiger partial charge in [-0.05, 0) is 0 Å². The number of nitrogens with zero attached hydrogens (tertiary/aromatic N) is 3. The summed E-state index contributed by atoms with van der Waals surface area (Å²) in [5.74, 6) is -0.830. The van der Waals surface area contributed by atoms with Gasteiger partial charge in [0.25, 0.3) is 0 Å². The number of fused-ring (bicyclic) bond motifs is 1. The summed E-state index contributed by atoms with van der Waals surface area (Å²) in [5.41, 5.74) is 1.39. The molecule has 5 nitrogen and oxygen atoms in total. The van der Waals surface area contributed by atoms with Gasteiger partial charge < -0.3 is 9.51 Å². The minimum Gasteiger partial charge on any atom is -0.481 e. The Balaban J connectivity index is 2.27. The molecule has 2 heterocycles. The van der Waals surface area contributed by atoms with E-state index in [4.69, 9.17) is 16.7 Å². The summed E-state index contributed by atoms with van der Waals surface area (Å²) < 4.78 is 1.73. The standard InChI is InChI=1S/C9H8ClN3O2/c10-7-5-13-4-6(1-2-9(14)15)12-8(13)3-11-7/h3-5H,1-2H2,(H,14,15). The number of carboxylic acids is 1. The Labute approximate surface area is 90.3 Å². The number of rotatable bonds is 3. The summed E-state index contributed by atoms with van der Waals surface area (Å²) in [5, 5.41) is 8.91. The van der Waals surface area contributed by atoms with E-state index in [0.717, 1.165) is 5.69 Å². The SMILES string of the molecule is O=C(O)CCc1cn2cc(Cl)ncc2n1. The number of imidazole rings is 1. The maximum atomic E-state index is 10.4. The molecule has 0 aromatic carbocycles. The molecule has 0 atom stereocenters. The van der Waals surface area contributed by atoms with Crippen molar-refractivity contribution >= 4 is 23.2 Å². The van der Waals surface area contributed by atoms with Gasteiger partial charge in [-0.2, -0.15) is 0 Å². The van der Waals surface area contributed by atoms with Crippen molar-refractivity contribution in [1.82, 2.24) is 14.4 Å². The Morgan fingerprint density at radius 1 is 1.53 bits per heavy atom. The summed E-state index contributed by atoms with van der Waals surface area (Å²) >= 11 is 5.70. The van der Waals surface area contributed by atoms with Gasteiger partial charge in [0, 0.05) is 18.8 Å². The zero-order valence-corrected chi connectivity index (χ0v) is 8.48. The lowest BCUT2D eigenvalue weighted by atomic mass is 10.2. The van der Waals surface area contributed by atoms with E-state index in [9.17, 15) is 4.79 Å². The fourth-order valence-electron chi connectivity index (χ4n) is 1.28. The topological polar surface area (TPSA) is 67.5 Å². The molecule has 0 aliphatic rings. The van der Waals surface area contributed by atoms with E-state index in [2.05, 4.69) is 9.97 Å². The molecule has 0 amide bonds. The van der Waals surface area contributed by atoms with Gasteiger partial charge in [0.15, 0.2) is 5.65 Å². The number of aliphatic carboxylic acids is 1. The highest BCUT2D eigenvalue weighted by atomic mass is 35.5. The highest BCUT2D eigenvalue weighted by Crippen LogP contribution is 2.09. The molecular formula is C9H8ClN3O2. The van der Waals surface area contributed by atoms with E-state index in [1.807, 2.05) is 0 Å². The van der Waals surface area contributed by atoms with Crippen LogP contribution in [0.5, 0.6) is 0 Å². The van der Waals surface area contributed by atoms with Gasteiger partial charge in [0.1, 0.15) is 5.15 Å². The fraction of sp³-hybridized carbons (Fsp3) is 0.222. The van der Waals surface area contributed by atoms with Gasteiger partial charge >= 0.3 is 5.97 Å². The Kier molecular flexibility index (Phi) is 2.55. The average molecular weight is 226 g/mol. The van der Waals surface area contributed by atoms with Crippen molar-refractivity contribution in [2.24, 2.45) is 0 Å². The highest BCUT2D eigenvalue weighted by molar-refractivity contribution is 6.29. The minimum atomic E-state index is -0.830. The van der Waals surface area contributed by atoms with Gasteiger partial charge in [-0.1, -0.05) is 11.6 Å². The summed E-state index contributed by atoms with van der Waals surface area (Å²) in [6, 6.07) is 0. The summed E-state index contributed by atoms with van der Waals surface area (Å²) in [4.78, 5) is 18.5. The normalized spacial score (nSPS) is 10.7. The fourth-order valence-corrected chi connectivity index (χ4v) is 1.44. The maximum absolute atomic E-state index is 10.4. The first-order valence-electron chi connectivity index (χ1n) is 4.36. The second-order valence-electron chi connectivity index (χ2n) is 3.10. The molecule has 0 unspecified atom stereocenters. The van der Waals surface area contributed by atoms with Gasteiger partial charge in [0.2, 0.25) is 0 Å². The molecule has 15 heavy (non-hydrogen) atoms. The number of hydrogen-bond donors (Lipinski definition) is 1. The number of hydrogen-bond acceptors (Lipinski definition) is 3. The molecule has 0 spiro atoms. The smallest absolute Gasteiger partial charge is 0.303 e. The molecule has 0 aliphatic heterocycles. The van der Waals surface area contributed by atoms with Crippen LogP contribution < -0.4 is 0 Å². The van der Waals surface area contributed by atoms with Gasteiger partial charge in [0.05, 0.1) is 18.3 Å². The average Bonchev–Trinajstić information content (AvgIpc) is 2.56. The Morgan fingerprint density at radius 3 is 3.07 bits per heavy atom. The first kappa shape index (κ1) is 9.92. The molecule has 0 saturated heterocycles.